The zero-order chi connectivity index (χ0) is 27.0. The topological polar surface area (TPSA) is 75.7 Å². The maximum absolute atomic E-state index is 13.7. The van der Waals surface area contributed by atoms with Crippen molar-refractivity contribution in [1.29, 1.82) is 0 Å². The van der Waals surface area contributed by atoms with Crippen LogP contribution in [0.5, 0.6) is 5.75 Å². The van der Waals surface area contributed by atoms with Crippen molar-refractivity contribution in [1.82, 2.24) is 0 Å². The molecule has 37 heavy (non-hydrogen) atoms. The van der Waals surface area contributed by atoms with Gasteiger partial charge in [0.1, 0.15) is 5.75 Å². The van der Waals surface area contributed by atoms with Gasteiger partial charge in [0.2, 0.25) is 10.0 Å². The number of nitrogens with one attached hydrogen (secondary N) is 1. The van der Waals surface area contributed by atoms with E-state index in [1.807, 2.05) is 36.4 Å². The highest BCUT2D eigenvalue weighted by atomic mass is 32.2. The number of aryl methyl sites for hydroxylation is 1. The lowest BCUT2D eigenvalue weighted by Crippen LogP contribution is -2.44. The maximum atomic E-state index is 13.7. The van der Waals surface area contributed by atoms with Crippen LogP contribution in [0.4, 0.5) is 11.4 Å². The summed E-state index contributed by atoms with van der Waals surface area (Å²) >= 11 is 0. The van der Waals surface area contributed by atoms with Crippen molar-refractivity contribution in [2.45, 2.75) is 51.7 Å². The van der Waals surface area contributed by atoms with Crippen molar-refractivity contribution in [2.75, 3.05) is 22.4 Å². The highest BCUT2D eigenvalue weighted by Gasteiger charge is 2.39. The summed E-state index contributed by atoms with van der Waals surface area (Å²) in [5.41, 5.74) is 4.90. The molecule has 3 aromatic rings. The second-order valence-corrected chi connectivity index (χ2v) is 17.7. The molecule has 8 heteroatoms. The predicted molar refractivity (Wildman–Crippen MR) is 155 cm³/mol. The van der Waals surface area contributed by atoms with Crippen LogP contribution in [-0.2, 0) is 16.4 Å². The van der Waals surface area contributed by atoms with E-state index in [4.69, 9.17) is 4.43 Å². The van der Waals surface area contributed by atoms with E-state index in [2.05, 4.69) is 56.8 Å². The van der Waals surface area contributed by atoms with Crippen LogP contribution < -0.4 is 14.0 Å². The van der Waals surface area contributed by atoms with Gasteiger partial charge in [0.05, 0.1) is 11.9 Å². The first-order valence-corrected chi connectivity index (χ1v) is 17.4. The SMILES string of the molecule is CC(C)(C)[Si](C)(C)Oc1ccc(N2CCCc3cc(-c4ccccc4)ccc3C2=O)cc1NS(C)(=O)=O. The Morgan fingerprint density at radius 1 is 0.946 bits per heavy atom. The van der Waals surface area contributed by atoms with E-state index in [1.54, 1.807) is 17.0 Å². The lowest BCUT2D eigenvalue weighted by Gasteiger charge is -2.37. The van der Waals surface area contributed by atoms with Gasteiger partial charge in [-0.3, -0.25) is 9.52 Å². The quantitative estimate of drug-likeness (QED) is 0.356. The molecule has 1 amide bonds. The number of carbonyl (C=O) groups excluding carboxylic acids is 1. The van der Waals surface area contributed by atoms with Gasteiger partial charge in [-0.2, -0.15) is 0 Å². The average Bonchev–Trinajstić information content (AvgIpc) is 2.97. The summed E-state index contributed by atoms with van der Waals surface area (Å²) in [6.45, 7) is 11.2. The molecule has 0 fully saturated rings. The molecule has 1 aliphatic heterocycles. The smallest absolute Gasteiger partial charge is 0.258 e. The number of amides is 1. The molecular weight excluding hydrogens is 500 g/mol. The molecule has 0 spiro atoms. The molecule has 0 radical (unpaired) electrons. The highest BCUT2D eigenvalue weighted by molar-refractivity contribution is 7.92. The summed E-state index contributed by atoms with van der Waals surface area (Å²) < 4.78 is 33.5. The fourth-order valence-electron chi connectivity index (χ4n) is 4.22. The number of hydrogen-bond donors (Lipinski definition) is 1. The number of rotatable bonds is 6. The zero-order valence-electron chi connectivity index (χ0n) is 22.5. The summed E-state index contributed by atoms with van der Waals surface area (Å²) in [6.07, 6.45) is 2.71. The highest BCUT2D eigenvalue weighted by Crippen LogP contribution is 2.41. The Morgan fingerprint density at radius 3 is 2.30 bits per heavy atom. The number of carbonyl (C=O) groups is 1. The molecule has 0 aromatic heterocycles. The lowest BCUT2D eigenvalue weighted by molar-refractivity contribution is 0.0988. The van der Waals surface area contributed by atoms with Gasteiger partial charge < -0.3 is 9.33 Å². The first kappa shape index (κ1) is 26.9. The number of benzene rings is 3. The number of fused-ring (bicyclic) bond motifs is 1. The largest absolute Gasteiger partial charge is 0.542 e. The molecule has 1 heterocycles. The molecule has 0 bridgehead atoms. The molecule has 1 aliphatic rings. The molecular formula is C29H36N2O4SSi. The van der Waals surface area contributed by atoms with Gasteiger partial charge >= 0.3 is 0 Å². The van der Waals surface area contributed by atoms with Crippen molar-refractivity contribution in [3.8, 4) is 16.9 Å². The van der Waals surface area contributed by atoms with E-state index in [0.717, 1.165) is 35.8 Å². The Kier molecular flexibility index (Phi) is 7.27. The van der Waals surface area contributed by atoms with Crippen molar-refractivity contribution >= 4 is 35.6 Å². The van der Waals surface area contributed by atoms with Crippen LogP contribution in [0, 0.1) is 0 Å². The monoisotopic (exact) mass is 536 g/mol. The molecule has 196 valence electrons. The summed E-state index contributed by atoms with van der Waals surface area (Å²) in [5, 5.41) is -0.0584. The summed E-state index contributed by atoms with van der Waals surface area (Å²) in [4.78, 5) is 15.4. The van der Waals surface area contributed by atoms with Crippen LogP contribution in [-0.4, -0.2) is 35.4 Å². The van der Waals surface area contributed by atoms with Gasteiger partial charge in [0, 0.05) is 17.8 Å². The van der Waals surface area contributed by atoms with Crippen LogP contribution >= 0.6 is 0 Å². The fourth-order valence-corrected chi connectivity index (χ4v) is 5.82. The Labute approximate surface area is 221 Å². The van der Waals surface area contributed by atoms with Crippen LogP contribution in [0.3, 0.4) is 0 Å². The molecule has 0 aliphatic carbocycles. The standard InChI is InChI=1S/C29H36N2O4SSi/c1-29(2,3)37(5,6)35-27-17-15-24(20-26(27)30-36(4,33)34)31-18-10-13-23-19-22(14-16-25(23)28(31)32)21-11-8-7-9-12-21/h7-9,11-12,14-17,19-20,30H,10,13,18H2,1-6H3. The van der Waals surface area contributed by atoms with Gasteiger partial charge in [0.15, 0.2) is 0 Å². The number of nitrogens with zero attached hydrogens (tertiary/aromatic N) is 1. The minimum absolute atomic E-state index is 0.0584. The Balaban J connectivity index is 1.70. The van der Waals surface area contributed by atoms with E-state index < -0.39 is 18.3 Å². The zero-order valence-corrected chi connectivity index (χ0v) is 24.3. The van der Waals surface area contributed by atoms with E-state index in [-0.39, 0.29) is 10.9 Å². The number of sulfonamides is 1. The van der Waals surface area contributed by atoms with Crippen LogP contribution in [0.15, 0.2) is 66.7 Å². The van der Waals surface area contributed by atoms with E-state index in [1.165, 1.54) is 0 Å². The van der Waals surface area contributed by atoms with Gasteiger partial charge in [0.25, 0.3) is 14.2 Å². The van der Waals surface area contributed by atoms with E-state index >= 15 is 0 Å². The normalized spacial score (nSPS) is 14.6. The molecule has 0 saturated carbocycles. The molecule has 0 saturated heterocycles. The van der Waals surface area contributed by atoms with E-state index in [0.29, 0.717) is 29.2 Å². The minimum Gasteiger partial charge on any atom is -0.542 e. The molecule has 0 atom stereocenters. The fraction of sp³-hybridized carbons (Fsp3) is 0.345. The maximum Gasteiger partial charge on any atom is 0.258 e. The van der Waals surface area contributed by atoms with Crippen LogP contribution in [0.2, 0.25) is 18.1 Å². The lowest BCUT2D eigenvalue weighted by atomic mass is 9.97. The molecule has 6 nitrogen and oxygen atoms in total. The second kappa shape index (κ2) is 9.98. The molecule has 0 unspecified atom stereocenters. The number of anilines is 2. The average molecular weight is 537 g/mol. The van der Waals surface area contributed by atoms with Crippen molar-refractivity contribution in [3.05, 3.63) is 77.9 Å². The summed E-state index contributed by atoms with van der Waals surface area (Å²) in [5.74, 6) is 0.395. The van der Waals surface area contributed by atoms with E-state index in [9.17, 15) is 13.2 Å². The first-order valence-electron chi connectivity index (χ1n) is 12.6. The van der Waals surface area contributed by atoms with Gasteiger partial charge in [-0.1, -0.05) is 63.2 Å². The third-order valence-corrected chi connectivity index (χ3v) is 12.2. The van der Waals surface area contributed by atoms with Gasteiger partial charge in [-0.05, 0) is 71.9 Å². The second-order valence-electron chi connectivity index (χ2n) is 11.2. The Hall–Kier alpha value is -3.10. The van der Waals surface area contributed by atoms with Crippen LogP contribution in [0.25, 0.3) is 11.1 Å². The third-order valence-electron chi connectivity index (χ3n) is 7.26. The predicted octanol–water partition coefficient (Wildman–Crippen LogP) is 6.70. The summed E-state index contributed by atoms with van der Waals surface area (Å²) in [7, 11) is -5.78. The third kappa shape index (κ3) is 6.08. The first-order chi connectivity index (χ1) is 17.2. The molecule has 1 N–H and O–H groups in total. The Morgan fingerprint density at radius 2 is 1.65 bits per heavy atom. The van der Waals surface area contributed by atoms with Crippen molar-refractivity contribution in [2.24, 2.45) is 0 Å². The summed E-state index contributed by atoms with van der Waals surface area (Å²) in [6, 6.07) is 21.5. The Bertz CT molecular complexity index is 1410. The molecule has 4 rings (SSSR count). The van der Waals surface area contributed by atoms with Crippen LogP contribution in [0.1, 0.15) is 43.1 Å². The number of hydrogen-bond acceptors (Lipinski definition) is 4. The van der Waals surface area contributed by atoms with Gasteiger partial charge in [-0.25, -0.2) is 8.42 Å². The van der Waals surface area contributed by atoms with Gasteiger partial charge in [-0.15, -0.1) is 0 Å². The van der Waals surface area contributed by atoms with Crippen molar-refractivity contribution in [3.63, 3.8) is 0 Å². The minimum atomic E-state index is -3.56. The van der Waals surface area contributed by atoms with Crippen molar-refractivity contribution < 1.29 is 17.6 Å². The molecule has 3 aromatic carbocycles.